The average Bonchev–Trinajstić information content (AvgIpc) is 2.89. The van der Waals surface area contributed by atoms with Crippen LogP contribution in [-0.2, 0) is 11.2 Å². The fourth-order valence-corrected chi connectivity index (χ4v) is 3.04. The van der Waals surface area contributed by atoms with Crippen molar-refractivity contribution in [3.05, 3.63) is 65.2 Å². The highest BCUT2D eigenvalue weighted by Gasteiger charge is 2.19. The zero-order chi connectivity index (χ0) is 13.9. The van der Waals surface area contributed by atoms with Crippen molar-refractivity contribution in [3.8, 4) is 0 Å². The molecular formula is C16H13NO2S. The first-order valence-electron chi connectivity index (χ1n) is 6.34. The third-order valence-electron chi connectivity index (χ3n) is 3.08. The van der Waals surface area contributed by atoms with Gasteiger partial charge >= 0.3 is 0 Å². The Balaban J connectivity index is 1.78. The summed E-state index contributed by atoms with van der Waals surface area (Å²) in [7, 11) is 0. The summed E-state index contributed by atoms with van der Waals surface area (Å²) in [5, 5.41) is 10.8. The highest BCUT2D eigenvalue weighted by atomic mass is 32.1. The van der Waals surface area contributed by atoms with E-state index in [1.165, 1.54) is 11.3 Å². The van der Waals surface area contributed by atoms with Gasteiger partial charge in [-0.3, -0.25) is 4.79 Å². The van der Waals surface area contributed by atoms with E-state index in [9.17, 15) is 9.90 Å². The largest absolute Gasteiger partial charge is 0.381 e. The third-order valence-corrected chi connectivity index (χ3v) is 4.12. The first-order valence-corrected chi connectivity index (χ1v) is 7.16. The second-order valence-corrected chi connectivity index (χ2v) is 5.65. The lowest BCUT2D eigenvalue weighted by Gasteiger charge is -2.08. The van der Waals surface area contributed by atoms with Crippen LogP contribution in [0.25, 0.3) is 10.2 Å². The first kappa shape index (κ1) is 13.0. The van der Waals surface area contributed by atoms with Gasteiger partial charge in [0.2, 0.25) is 0 Å². The Bertz CT molecular complexity index is 703. The molecule has 0 aliphatic heterocycles. The summed E-state index contributed by atoms with van der Waals surface area (Å²) in [5.41, 5.74) is 1.52. The summed E-state index contributed by atoms with van der Waals surface area (Å²) >= 11 is 1.50. The smallest absolute Gasteiger partial charge is 0.172 e. The Morgan fingerprint density at radius 3 is 2.55 bits per heavy atom. The van der Waals surface area contributed by atoms with Crippen LogP contribution in [0, 0.1) is 0 Å². The van der Waals surface area contributed by atoms with Gasteiger partial charge in [-0.25, -0.2) is 4.98 Å². The molecule has 100 valence electrons. The maximum absolute atomic E-state index is 12.1. The summed E-state index contributed by atoms with van der Waals surface area (Å²) in [6, 6.07) is 16.8. The molecule has 4 heteroatoms. The van der Waals surface area contributed by atoms with Crippen LogP contribution >= 0.6 is 11.3 Å². The van der Waals surface area contributed by atoms with Gasteiger partial charge in [0.1, 0.15) is 11.1 Å². The number of para-hydroxylation sites is 1. The summed E-state index contributed by atoms with van der Waals surface area (Å²) in [5.74, 6) is -0.227. The van der Waals surface area contributed by atoms with E-state index in [2.05, 4.69) is 4.98 Å². The number of Topliss-reactive ketones (excluding diaryl/α,β-unsaturated/α-hetero) is 1. The van der Waals surface area contributed by atoms with Crippen molar-refractivity contribution in [3.63, 3.8) is 0 Å². The third kappa shape index (κ3) is 2.61. The van der Waals surface area contributed by atoms with Gasteiger partial charge < -0.3 is 5.11 Å². The van der Waals surface area contributed by atoms with Crippen molar-refractivity contribution >= 4 is 27.3 Å². The minimum absolute atomic E-state index is 0.162. The van der Waals surface area contributed by atoms with Crippen molar-refractivity contribution in [2.24, 2.45) is 0 Å². The minimum Gasteiger partial charge on any atom is -0.381 e. The van der Waals surface area contributed by atoms with E-state index < -0.39 is 6.10 Å². The maximum Gasteiger partial charge on any atom is 0.172 e. The fourth-order valence-electron chi connectivity index (χ4n) is 2.06. The number of carbonyl (C=O) groups is 1. The predicted molar refractivity (Wildman–Crippen MR) is 79.7 cm³/mol. The molecule has 0 aliphatic carbocycles. The van der Waals surface area contributed by atoms with Crippen LogP contribution in [0.15, 0.2) is 54.6 Å². The lowest BCUT2D eigenvalue weighted by molar-refractivity contribution is -0.126. The van der Waals surface area contributed by atoms with E-state index in [0.717, 1.165) is 15.2 Å². The highest BCUT2D eigenvalue weighted by molar-refractivity contribution is 7.18. The molecule has 3 nitrogen and oxygen atoms in total. The molecule has 0 bridgehead atoms. The molecule has 20 heavy (non-hydrogen) atoms. The van der Waals surface area contributed by atoms with Gasteiger partial charge in [-0.15, -0.1) is 11.3 Å². The van der Waals surface area contributed by atoms with Crippen molar-refractivity contribution in [2.45, 2.75) is 12.5 Å². The summed E-state index contributed by atoms with van der Waals surface area (Å²) in [6.45, 7) is 0. The normalized spacial score (nSPS) is 12.4. The zero-order valence-electron chi connectivity index (χ0n) is 10.7. The van der Waals surface area contributed by atoms with Gasteiger partial charge in [0, 0.05) is 0 Å². The van der Waals surface area contributed by atoms with Crippen LogP contribution in [0.5, 0.6) is 0 Å². The number of carbonyl (C=O) groups excluding carboxylic acids is 1. The van der Waals surface area contributed by atoms with Gasteiger partial charge in [-0.1, -0.05) is 42.5 Å². The number of nitrogens with zero attached hydrogens (tertiary/aromatic N) is 1. The van der Waals surface area contributed by atoms with E-state index in [0.29, 0.717) is 5.56 Å². The standard InChI is InChI=1S/C16H13NO2S/c18-13(16(19)11-6-2-1-3-7-11)10-15-17-12-8-4-5-9-14(12)20-15/h1-9,16,19H,10H2. The van der Waals surface area contributed by atoms with E-state index in [1.807, 2.05) is 42.5 Å². The van der Waals surface area contributed by atoms with Gasteiger partial charge in [-0.2, -0.15) is 0 Å². The topological polar surface area (TPSA) is 50.2 Å². The van der Waals surface area contributed by atoms with Crippen molar-refractivity contribution in [1.29, 1.82) is 0 Å². The molecule has 3 aromatic rings. The molecule has 1 atom stereocenters. The molecule has 1 unspecified atom stereocenters. The van der Waals surface area contributed by atoms with Gasteiger partial charge in [-0.05, 0) is 17.7 Å². The molecule has 0 amide bonds. The van der Waals surface area contributed by atoms with Gasteiger partial charge in [0.05, 0.1) is 16.6 Å². The van der Waals surface area contributed by atoms with Gasteiger partial charge in [0.15, 0.2) is 5.78 Å². The molecular weight excluding hydrogens is 270 g/mol. The van der Waals surface area contributed by atoms with E-state index in [4.69, 9.17) is 0 Å². The Labute approximate surface area is 120 Å². The number of rotatable bonds is 4. The van der Waals surface area contributed by atoms with Crippen LogP contribution < -0.4 is 0 Å². The summed E-state index contributed by atoms with van der Waals surface area (Å²) in [4.78, 5) is 16.5. The monoisotopic (exact) mass is 283 g/mol. The second-order valence-electron chi connectivity index (χ2n) is 4.53. The Morgan fingerprint density at radius 2 is 1.80 bits per heavy atom. The molecule has 0 saturated heterocycles. The Kier molecular flexibility index (Phi) is 3.58. The number of thiazole rings is 1. The van der Waals surface area contributed by atoms with Crippen LogP contribution in [0.4, 0.5) is 0 Å². The maximum atomic E-state index is 12.1. The predicted octanol–water partition coefficient (Wildman–Crippen LogP) is 3.14. The molecule has 0 saturated carbocycles. The molecule has 2 aromatic carbocycles. The second kappa shape index (κ2) is 5.53. The minimum atomic E-state index is -1.08. The van der Waals surface area contributed by atoms with E-state index in [-0.39, 0.29) is 12.2 Å². The molecule has 3 rings (SSSR count). The lowest BCUT2D eigenvalue weighted by atomic mass is 10.0. The van der Waals surface area contributed by atoms with E-state index in [1.54, 1.807) is 12.1 Å². The molecule has 0 radical (unpaired) electrons. The number of aliphatic hydroxyl groups is 1. The lowest BCUT2D eigenvalue weighted by Crippen LogP contribution is -2.14. The molecule has 1 aromatic heterocycles. The number of benzene rings is 2. The Hall–Kier alpha value is -2.04. The fraction of sp³-hybridized carbons (Fsp3) is 0.125. The van der Waals surface area contributed by atoms with Crippen molar-refractivity contribution in [1.82, 2.24) is 4.98 Å². The number of hydrogen-bond donors (Lipinski definition) is 1. The number of aromatic nitrogens is 1. The van der Waals surface area contributed by atoms with Crippen molar-refractivity contribution in [2.75, 3.05) is 0 Å². The average molecular weight is 283 g/mol. The number of hydrogen-bond acceptors (Lipinski definition) is 4. The molecule has 0 aliphatic rings. The number of ketones is 1. The number of fused-ring (bicyclic) bond motifs is 1. The Morgan fingerprint density at radius 1 is 1.10 bits per heavy atom. The van der Waals surface area contributed by atoms with Crippen LogP contribution in [0.3, 0.4) is 0 Å². The van der Waals surface area contributed by atoms with Crippen LogP contribution in [0.2, 0.25) is 0 Å². The molecule has 1 heterocycles. The molecule has 1 N–H and O–H groups in total. The quantitative estimate of drug-likeness (QED) is 0.800. The number of aliphatic hydroxyl groups excluding tert-OH is 1. The van der Waals surface area contributed by atoms with Crippen LogP contribution in [-0.4, -0.2) is 15.9 Å². The van der Waals surface area contributed by atoms with Crippen molar-refractivity contribution < 1.29 is 9.90 Å². The van der Waals surface area contributed by atoms with Gasteiger partial charge in [0.25, 0.3) is 0 Å². The zero-order valence-corrected chi connectivity index (χ0v) is 11.5. The van der Waals surface area contributed by atoms with E-state index >= 15 is 0 Å². The summed E-state index contributed by atoms with van der Waals surface area (Å²) in [6.07, 6.45) is -0.918. The van der Waals surface area contributed by atoms with Crippen LogP contribution in [0.1, 0.15) is 16.7 Å². The molecule has 0 fully saturated rings. The first-order chi connectivity index (χ1) is 9.74. The highest BCUT2D eigenvalue weighted by Crippen LogP contribution is 2.23. The molecule has 0 spiro atoms. The SMILES string of the molecule is O=C(Cc1nc2ccccc2s1)C(O)c1ccccc1. The summed E-state index contributed by atoms with van der Waals surface area (Å²) < 4.78 is 1.06.